The normalized spacial score (nSPS) is 12.2. The van der Waals surface area contributed by atoms with E-state index in [9.17, 15) is 23.1 Å². The Balaban J connectivity index is 2.09. The van der Waals surface area contributed by atoms with Crippen LogP contribution in [0, 0.1) is 12.7 Å². The number of aryl methyl sites for hydroxylation is 1. The van der Waals surface area contributed by atoms with E-state index in [-0.39, 0.29) is 22.7 Å². The van der Waals surface area contributed by atoms with E-state index in [1.807, 2.05) is 0 Å². The van der Waals surface area contributed by atoms with Gasteiger partial charge in [-0.2, -0.15) is 0 Å². The number of halogens is 3. The topological polar surface area (TPSA) is 84.3 Å². The van der Waals surface area contributed by atoms with Crippen LogP contribution >= 0.6 is 0 Å². The summed E-state index contributed by atoms with van der Waals surface area (Å²) in [5.41, 5.74) is -0.304. The highest BCUT2D eigenvalue weighted by atomic mass is 19.3. The van der Waals surface area contributed by atoms with Crippen molar-refractivity contribution in [1.29, 1.82) is 0 Å². The number of carboxylic acid groups (broad SMARTS) is 1. The van der Waals surface area contributed by atoms with E-state index in [2.05, 4.69) is 15.3 Å². The number of carboxylic acids is 1. The molecule has 2 aromatic carbocycles. The molecule has 6 nitrogen and oxygen atoms in total. The Hall–Kier alpha value is -3.36. The minimum atomic E-state index is -2.94. The zero-order valence-corrected chi connectivity index (χ0v) is 15.8. The first kappa shape index (κ1) is 20.4. The van der Waals surface area contributed by atoms with Gasteiger partial charge in [0.05, 0.1) is 24.2 Å². The third-order valence-electron chi connectivity index (χ3n) is 4.47. The Labute approximate surface area is 164 Å². The molecule has 1 heterocycles. The molecule has 0 saturated carbocycles. The fraction of sp³-hybridized carbons (Fsp3) is 0.250. The summed E-state index contributed by atoms with van der Waals surface area (Å²) >= 11 is 0. The molecule has 29 heavy (non-hydrogen) atoms. The van der Waals surface area contributed by atoms with E-state index in [1.54, 1.807) is 13.8 Å². The zero-order chi connectivity index (χ0) is 21.3. The summed E-state index contributed by atoms with van der Waals surface area (Å²) in [6.07, 6.45) is -2.94. The summed E-state index contributed by atoms with van der Waals surface area (Å²) in [7, 11) is 1.35. The molecular weight excluding hydrogens is 387 g/mol. The minimum absolute atomic E-state index is 0.0409. The molecule has 0 spiro atoms. The predicted molar refractivity (Wildman–Crippen MR) is 101 cm³/mol. The molecule has 0 aliphatic rings. The molecule has 3 aromatic rings. The Morgan fingerprint density at radius 1 is 1.21 bits per heavy atom. The van der Waals surface area contributed by atoms with Crippen LogP contribution in [0.4, 0.5) is 19.0 Å². The van der Waals surface area contributed by atoms with Crippen molar-refractivity contribution in [2.24, 2.45) is 0 Å². The number of ether oxygens (including phenoxy) is 1. The summed E-state index contributed by atoms with van der Waals surface area (Å²) in [6.45, 7) is 3.24. The molecule has 0 unspecified atom stereocenters. The highest BCUT2D eigenvalue weighted by molar-refractivity contribution is 6.00. The molecule has 1 atom stereocenters. The molecule has 0 amide bonds. The molecule has 0 fully saturated rings. The Kier molecular flexibility index (Phi) is 5.58. The number of carbonyl (C=O) groups is 1. The van der Waals surface area contributed by atoms with Gasteiger partial charge in [0.1, 0.15) is 28.8 Å². The molecule has 1 aromatic heterocycles. The lowest BCUT2D eigenvalue weighted by atomic mass is 10.0. The summed E-state index contributed by atoms with van der Waals surface area (Å²) in [4.78, 5) is 20.1. The lowest BCUT2D eigenvalue weighted by molar-refractivity contribution is 0.0693. The number of anilines is 1. The molecule has 2 N–H and O–H groups in total. The number of hydrogen-bond donors (Lipinski definition) is 2. The van der Waals surface area contributed by atoms with E-state index < -0.39 is 29.8 Å². The number of rotatable bonds is 6. The molecule has 9 heteroatoms. The van der Waals surface area contributed by atoms with Crippen molar-refractivity contribution in [2.45, 2.75) is 26.3 Å². The number of alkyl halides is 2. The van der Waals surface area contributed by atoms with Crippen molar-refractivity contribution >= 4 is 22.7 Å². The van der Waals surface area contributed by atoms with Crippen LogP contribution in [0.15, 0.2) is 30.3 Å². The maximum Gasteiger partial charge on any atom is 0.339 e. The van der Waals surface area contributed by atoms with Crippen LogP contribution in [-0.4, -0.2) is 28.2 Å². The van der Waals surface area contributed by atoms with Crippen LogP contribution in [0.1, 0.15) is 46.7 Å². The molecule has 3 rings (SSSR count). The highest BCUT2D eigenvalue weighted by Gasteiger charge is 2.21. The van der Waals surface area contributed by atoms with Crippen molar-refractivity contribution in [3.05, 3.63) is 58.7 Å². The van der Waals surface area contributed by atoms with Crippen LogP contribution in [0.25, 0.3) is 10.9 Å². The minimum Gasteiger partial charge on any atom is -0.496 e. The van der Waals surface area contributed by atoms with Crippen molar-refractivity contribution in [1.82, 2.24) is 9.97 Å². The van der Waals surface area contributed by atoms with Crippen molar-refractivity contribution in [3.8, 4) is 5.75 Å². The Morgan fingerprint density at radius 2 is 1.90 bits per heavy atom. The average Bonchev–Trinajstić information content (AvgIpc) is 2.66. The van der Waals surface area contributed by atoms with Crippen molar-refractivity contribution in [3.63, 3.8) is 0 Å². The van der Waals surface area contributed by atoms with E-state index in [0.717, 1.165) is 6.07 Å². The van der Waals surface area contributed by atoms with E-state index in [4.69, 9.17) is 4.74 Å². The van der Waals surface area contributed by atoms with E-state index >= 15 is 0 Å². The molecule has 0 saturated heterocycles. The van der Waals surface area contributed by atoms with Gasteiger partial charge in [-0.05, 0) is 19.9 Å². The maximum atomic E-state index is 14.5. The van der Waals surface area contributed by atoms with Crippen LogP contribution in [0.3, 0.4) is 0 Å². The maximum absolute atomic E-state index is 14.5. The van der Waals surface area contributed by atoms with Crippen molar-refractivity contribution in [2.75, 3.05) is 12.4 Å². The first-order valence-corrected chi connectivity index (χ1v) is 8.65. The van der Waals surface area contributed by atoms with Crippen LogP contribution in [0.5, 0.6) is 5.75 Å². The van der Waals surface area contributed by atoms with Gasteiger partial charge in [-0.25, -0.2) is 27.9 Å². The SMILES string of the molecule is COc1cc2nc(C)nc(N[C@H](C)c3cccc(C(F)F)c3F)c2cc1C(=O)O. The molecule has 0 aliphatic heterocycles. The van der Waals surface area contributed by atoms with Gasteiger partial charge in [-0.1, -0.05) is 18.2 Å². The third-order valence-corrected chi connectivity index (χ3v) is 4.47. The average molecular weight is 405 g/mol. The number of nitrogens with zero attached hydrogens (tertiary/aromatic N) is 2. The lowest BCUT2D eigenvalue weighted by Crippen LogP contribution is -2.12. The van der Waals surface area contributed by atoms with Crippen LogP contribution < -0.4 is 10.1 Å². The Bertz CT molecular complexity index is 1090. The summed E-state index contributed by atoms with van der Waals surface area (Å²) in [5.74, 6) is -1.41. The number of hydrogen-bond acceptors (Lipinski definition) is 5. The fourth-order valence-electron chi connectivity index (χ4n) is 3.07. The van der Waals surface area contributed by atoms with E-state index in [0.29, 0.717) is 16.7 Å². The van der Waals surface area contributed by atoms with Gasteiger partial charge < -0.3 is 15.2 Å². The molecular formula is C20H18F3N3O3. The van der Waals surface area contributed by atoms with Crippen LogP contribution in [0.2, 0.25) is 0 Å². The molecule has 0 radical (unpaired) electrons. The molecule has 152 valence electrons. The number of nitrogens with one attached hydrogen (secondary N) is 1. The van der Waals surface area contributed by atoms with Crippen molar-refractivity contribution < 1.29 is 27.8 Å². The first-order valence-electron chi connectivity index (χ1n) is 8.65. The monoisotopic (exact) mass is 405 g/mol. The van der Waals surface area contributed by atoms with Crippen LogP contribution in [-0.2, 0) is 0 Å². The van der Waals surface area contributed by atoms with Gasteiger partial charge in [0.25, 0.3) is 6.43 Å². The predicted octanol–water partition coefficient (Wildman–Crippen LogP) is 4.89. The smallest absolute Gasteiger partial charge is 0.339 e. The lowest BCUT2D eigenvalue weighted by Gasteiger charge is -2.19. The quantitative estimate of drug-likeness (QED) is 0.607. The summed E-state index contributed by atoms with van der Waals surface area (Å²) < 4.78 is 45.6. The molecule has 0 bridgehead atoms. The number of benzene rings is 2. The highest BCUT2D eigenvalue weighted by Crippen LogP contribution is 2.32. The van der Waals surface area contributed by atoms with Gasteiger partial charge in [0.2, 0.25) is 0 Å². The number of fused-ring (bicyclic) bond motifs is 1. The Morgan fingerprint density at radius 3 is 2.52 bits per heavy atom. The first-order chi connectivity index (χ1) is 13.7. The number of methoxy groups -OCH3 is 1. The van der Waals surface area contributed by atoms with Gasteiger partial charge in [-0.3, -0.25) is 0 Å². The van der Waals surface area contributed by atoms with E-state index in [1.165, 1.54) is 31.4 Å². The van der Waals surface area contributed by atoms with Gasteiger partial charge in [-0.15, -0.1) is 0 Å². The molecule has 0 aliphatic carbocycles. The number of aromatic nitrogens is 2. The van der Waals surface area contributed by atoms with Gasteiger partial charge >= 0.3 is 5.97 Å². The second kappa shape index (κ2) is 7.94. The largest absolute Gasteiger partial charge is 0.496 e. The standard InChI is InChI=1S/C20H18F3N3O3/c1-9(11-5-4-6-12(17(11)21)18(22)23)24-19-13-7-14(20(27)28)16(29-3)8-15(13)25-10(2)26-19/h4-9,18H,1-3H3,(H,27,28)(H,24,25,26)/t9-/m1/s1. The summed E-state index contributed by atoms with van der Waals surface area (Å²) in [6, 6.07) is 5.90. The fourth-order valence-corrected chi connectivity index (χ4v) is 3.07. The summed E-state index contributed by atoms with van der Waals surface area (Å²) in [5, 5.41) is 12.8. The zero-order valence-electron chi connectivity index (χ0n) is 15.8. The third kappa shape index (κ3) is 3.94. The van der Waals surface area contributed by atoms with Gasteiger partial charge in [0, 0.05) is 17.0 Å². The second-order valence-corrected chi connectivity index (χ2v) is 6.41. The second-order valence-electron chi connectivity index (χ2n) is 6.41. The number of aromatic carboxylic acids is 1. The van der Waals surface area contributed by atoms with Gasteiger partial charge in [0.15, 0.2) is 0 Å².